The summed E-state index contributed by atoms with van der Waals surface area (Å²) in [7, 11) is -3.16. The summed E-state index contributed by atoms with van der Waals surface area (Å²) in [6.45, 7) is 39.7. The van der Waals surface area contributed by atoms with E-state index in [0.717, 1.165) is 31.5 Å². The molecule has 0 saturated heterocycles. The van der Waals surface area contributed by atoms with Crippen molar-refractivity contribution in [3.63, 3.8) is 0 Å². The second kappa shape index (κ2) is 16.0. The maximum atomic E-state index is 9.35. The van der Waals surface area contributed by atoms with Gasteiger partial charge < -0.3 is 18.5 Å². The van der Waals surface area contributed by atoms with Crippen molar-refractivity contribution in [2.75, 3.05) is 31.2 Å². The molecule has 0 unspecified atom stereocenters. The van der Waals surface area contributed by atoms with Crippen LogP contribution in [0.5, 0.6) is 0 Å². The molecule has 0 atom stereocenters. The van der Waals surface area contributed by atoms with Crippen LogP contribution in [-0.4, -0.2) is 48.5 Å². The highest BCUT2D eigenvalue weighted by Crippen LogP contribution is 2.42. The minimum Gasteiger partial charge on any atom is -0.505 e. The molecule has 1 aromatic rings. The minimum atomic E-state index is -1.58. The Morgan fingerprint density at radius 1 is 0.938 bits per heavy atom. The van der Waals surface area contributed by atoms with Crippen molar-refractivity contribution in [3.8, 4) is 6.07 Å². The Morgan fingerprint density at radius 3 is 2.06 bits per heavy atom. The predicted molar refractivity (Wildman–Crippen MR) is 203 cm³/mol. The van der Waals surface area contributed by atoms with E-state index in [1.165, 1.54) is 16.8 Å². The van der Waals surface area contributed by atoms with Crippen LogP contribution in [0.2, 0.25) is 39.3 Å². The van der Waals surface area contributed by atoms with Crippen molar-refractivity contribution in [1.82, 2.24) is 0 Å². The lowest BCUT2D eigenvalue weighted by molar-refractivity contribution is 0.0951. The summed E-state index contributed by atoms with van der Waals surface area (Å²) in [5.41, 5.74) is 4.74. The quantitative estimate of drug-likeness (QED) is 0.118. The lowest BCUT2D eigenvalue weighted by Gasteiger charge is -2.30. The number of benzene rings is 1. The number of hydrogen-bond acceptors (Lipinski definition) is 5. The van der Waals surface area contributed by atoms with E-state index >= 15 is 0 Å². The first-order valence-corrected chi connectivity index (χ1v) is 23.4. The molecule has 0 spiro atoms. The maximum Gasteiger partial charge on any atom is 0.292 e. The predicted octanol–water partition coefficient (Wildman–Crippen LogP) is 10.1. The van der Waals surface area contributed by atoms with Gasteiger partial charge in [0.05, 0.1) is 32.4 Å². The number of hydrogen-bond donors (Lipinski definition) is 0. The van der Waals surface area contributed by atoms with Crippen LogP contribution in [0.25, 0.3) is 15.8 Å². The van der Waals surface area contributed by atoms with E-state index in [0.29, 0.717) is 18.8 Å². The fourth-order valence-corrected chi connectivity index (χ4v) is 7.13. The van der Waals surface area contributed by atoms with E-state index in [2.05, 4.69) is 116 Å². The van der Waals surface area contributed by atoms with Crippen molar-refractivity contribution in [2.45, 2.75) is 85.4 Å². The van der Waals surface area contributed by atoms with Crippen LogP contribution in [-0.2, 0) is 13.6 Å². The van der Waals surface area contributed by atoms with Gasteiger partial charge in [0.1, 0.15) is 11.4 Å². The third-order valence-electron chi connectivity index (χ3n) is 7.87. The van der Waals surface area contributed by atoms with Gasteiger partial charge in [-0.2, -0.15) is 0 Å². The zero-order valence-electron chi connectivity index (χ0n) is 30.5. The average Bonchev–Trinajstić information content (AvgIpc) is 3.23. The molecule has 0 saturated carbocycles. The first-order valence-electron chi connectivity index (χ1n) is 16.6. The molecule has 254 valence electrons. The molecule has 1 aliphatic heterocycles. The first-order chi connectivity index (χ1) is 22.4. The van der Waals surface area contributed by atoms with Gasteiger partial charge in [-0.05, 0) is 100 Å². The molecule has 0 bridgehead atoms. The lowest BCUT2D eigenvalue weighted by Crippen LogP contribution is -2.37. The van der Waals surface area contributed by atoms with Crippen LogP contribution >= 0.6 is 0 Å². The van der Waals surface area contributed by atoms with Gasteiger partial charge in [-0.25, -0.2) is 15.0 Å². The van der Waals surface area contributed by atoms with Gasteiger partial charge in [0.2, 0.25) is 5.70 Å². The molecular weight excluding hydrogens is 629 g/mol. The van der Waals surface area contributed by atoms with Gasteiger partial charge >= 0.3 is 0 Å². The second-order valence-corrected chi connectivity index (χ2v) is 24.6. The molecular formula is C39H52N4O3Si2. The van der Waals surface area contributed by atoms with E-state index in [-0.39, 0.29) is 22.6 Å². The van der Waals surface area contributed by atoms with Gasteiger partial charge in [-0.3, -0.25) is 0 Å². The highest BCUT2D eigenvalue weighted by Gasteiger charge is 2.38. The van der Waals surface area contributed by atoms with Crippen LogP contribution in [0.4, 0.5) is 5.69 Å². The van der Waals surface area contributed by atoms with Crippen LogP contribution in [0.1, 0.15) is 46.1 Å². The smallest absolute Gasteiger partial charge is 0.292 e. The van der Waals surface area contributed by atoms with Crippen LogP contribution in [0.15, 0.2) is 88.5 Å². The van der Waals surface area contributed by atoms with Crippen molar-refractivity contribution in [1.29, 1.82) is 5.26 Å². The molecule has 2 aliphatic rings. The molecule has 9 heteroatoms. The summed E-state index contributed by atoms with van der Waals surface area (Å²) in [6.07, 6.45) is 14.4. The Bertz CT molecular complexity index is 1610. The summed E-state index contributed by atoms with van der Waals surface area (Å²) >= 11 is 0. The monoisotopic (exact) mass is 680 g/mol. The third kappa shape index (κ3) is 11.7. The summed E-state index contributed by atoms with van der Waals surface area (Å²) < 4.78 is 18.2. The SMILES string of the molecule is [C-]#[N+]C1=C(/C=C/C=C2C=C(/C=C/c3ccc(N(CCO[Si](C)(C)C)CCO[Si](C)(C)C)cc3)CC(C)(C)C2)C(C)(C)O/C1=C(\C#N)[N+]#[C-]. The maximum absolute atomic E-state index is 9.35. The standard InChI is InChI=1S/C39H52N4O3Si2/c1-38(2)27-31(14-13-15-34-36(42-6)37(35(29-40)41-5)46-39(34,3)4)26-32(28-38)17-16-30-18-20-33(21-19-30)43(22-24-44-47(7,8)9)23-25-45-48(10,11)12/h13-21,26H,22-25,27-28H2,1-4,7-12H3/b15-13+,17-16+,31-14?,37-35+. The fraction of sp³-hybridized carbons (Fsp3) is 0.462. The Kier molecular flexibility index (Phi) is 12.8. The molecule has 0 aromatic heterocycles. The third-order valence-corrected chi connectivity index (χ3v) is 10.0. The molecule has 3 rings (SSSR count). The lowest BCUT2D eigenvalue weighted by atomic mass is 9.75. The van der Waals surface area contributed by atoms with Crippen molar-refractivity contribution < 1.29 is 13.6 Å². The van der Waals surface area contributed by atoms with Crippen LogP contribution < -0.4 is 4.90 Å². The molecule has 0 radical (unpaired) electrons. The number of rotatable bonds is 13. The van der Waals surface area contributed by atoms with Gasteiger partial charge in [-0.15, -0.1) is 0 Å². The van der Waals surface area contributed by atoms with Gasteiger partial charge in [0.15, 0.2) is 16.6 Å². The van der Waals surface area contributed by atoms with Crippen LogP contribution in [0.3, 0.4) is 0 Å². The number of nitriles is 1. The Hall–Kier alpha value is -3.92. The summed E-state index contributed by atoms with van der Waals surface area (Å²) in [5.74, 6) is 0.0683. The van der Waals surface area contributed by atoms with E-state index in [1.807, 2.05) is 32.1 Å². The van der Waals surface area contributed by atoms with E-state index in [9.17, 15) is 5.26 Å². The molecule has 7 nitrogen and oxygen atoms in total. The average molecular weight is 681 g/mol. The molecule has 1 heterocycles. The molecule has 0 fully saturated rings. The van der Waals surface area contributed by atoms with Crippen molar-refractivity contribution >= 4 is 28.4 Å². The minimum absolute atomic E-state index is 0.0683. The summed E-state index contributed by atoms with van der Waals surface area (Å²) in [6, 6.07) is 10.6. The van der Waals surface area contributed by atoms with Crippen molar-refractivity contribution in [3.05, 3.63) is 117 Å². The number of anilines is 1. The topological polar surface area (TPSA) is 63.4 Å². The van der Waals surface area contributed by atoms with E-state index < -0.39 is 22.2 Å². The fourth-order valence-electron chi connectivity index (χ4n) is 5.73. The van der Waals surface area contributed by atoms with Crippen molar-refractivity contribution in [2.24, 2.45) is 5.41 Å². The highest BCUT2D eigenvalue weighted by molar-refractivity contribution is 6.70. The summed E-state index contributed by atoms with van der Waals surface area (Å²) in [5, 5.41) is 9.35. The van der Waals surface area contributed by atoms with E-state index in [1.54, 1.807) is 0 Å². The largest absolute Gasteiger partial charge is 0.505 e. The molecule has 0 N–H and O–H groups in total. The normalized spacial score (nSPS) is 19.6. The van der Waals surface area contributed by atoms with Gasteiger partial charge in [0.25, 0.3) is 5.70 Å². The highest BCUT2D eigenvalue weighted by atomic mass is 28.4. The second-order valence-electron chi connectivity index (χ2n) is 15.6. The van der Waals surface area contributed by atoms with Gasteiger partial charge in [-0.1, -0.05) is 62.4 Å². The Balaban J connectivity index is 1.80. The number of allylic oxidation sites excluding steroid dienone is 7. The molecule has 0 amide bonds. The summed E-state index contributed by atoms with van der Waals surface area (Å²) in [4.78, 5) is 9.25. The van der Waals surface area contributed by atoms with Crippen LogP contribution in [0, 0.1) is 29.9 Å². The molecule has 48 heavy (non-hydrogen) atoms. The number of ether oxygens (including phenoxy) is 1. The van der Waals surface area contributed by atoms with Gasteiger partial charge in [0, 0.05) is 24.4 Å². The first kappa shape index (κ1) is 38.5. The molecule has 1 aliphatic carbocycles. The zero-order chi connectivity index (χ0) is 35.8. The molecule has 1 aromatic carbocycles. The number of nitrogens with zero attached hydrogens (tertiary/aromatic N) is 4. The zero-order valence-corrected chi connectivity index (χ0v) is 32.5. The Morgan fingerprint density at radius 2 is 1.54 bits per heavy atom. The Labute approximate surface area is 291 Å². The van der Waals surface area contributed by atoms with E-state index in [4.69, 9.17) is 26.7 Å².